The number of ether oxygens (including phenoxy) is 9. The lowest BCUT2D eigenvalue weighted by Gasteiger charge is -2.43. The number of hydrogen-bond donors (Lipinski definition) is 12. The first-order chi connectivity index (χ1) is 33.9. The topological polar surface area (TPSA) is 386 Å². The predicted molar refractivity (Wildman–Crippen MR) is 228 cm³/mol. The van der Waals surface area contributed by atoms with Crippen molar-refractivity contribution < 1.29 is 118 Å². The van der Waals surface area contributed by atoms with Crippen LogP contribution in [-0.2, 0) is 52.3 Å². The van der Waals surface area contributed by atoms with E-state index < -0.39 is 171 Å². The van der Waals surface area contributed by atoms with Crippen LogP contribution in [0.15, 0.2) is 54.6 Å². The molecule has 384 valence electrons. The van der Waals surface area contributed by atoms with Crippen molar-refractivity contribution in [2.75, 3.05) is 38.9 Å². The highest BCUT2D eigenvalue weighted by atomic mass is 16.8. The number of aliphatic hydroxyl groups is 9. The molecule has 1 amide bonds. The van der Waals surface area contributed by atoms with Gasteiger partial charge in [0.25, 0.3) is 0 Å². The van der Waals surface area contributed by atoms with Gasteiger partial charge in [-0.15, -0.1) is 0 Å². The van der Waals surface area contributed by atoms with Crippen molar-refractivity contribution in [1.82, 2.24) is 0 Å². The predicted octanol–water partition coefficient (Wildman–Crippen LogP) is -3.46. The molecule has 1 aliphatic carbocycles. The van der Waals surface area contributed by atoms with Crippen LogP contribution in [0.2, 0.25) is 0 Å². The smallest absolute Gasteiger partial charge is 0.314 e. The van der Waals surface area contributed by atoms with Crippen molar-refractivity contribution in [2.45, 2.75) is 110 Å². The first-order valence-corrected chi connectivity index (χ1v) is 22.4. The average molecular weight is 1000 g/mol. The molecule has 25 heteroatoms. The fourth-order valence-electron chi connectivity index (χ4n) is 10.0. The Morgan fingerprint density at radius 2 is 1.44 bits per heavy atom. The fourth-order valence-corrected chi connectivity index (χ4v) is 10.0. The monoisotopic (exact) mass is 1000 g/mol. The van der Waals surface area contributed by atoms with Gasteiger partial charge >= 0.3 is 17.9 Å². The number of para-hydroxylation sites is 1. The van der Waals surface area contributed by atoms with Gasteiger partial charge in [-0.1, -0.05) is 24.3 Å². The van der Waals surface area contributed by atoms with Gasteiger partial charge in [0.05, 0.1) is 37.9 Å². The number of amides is 1. The van der Waals surface area contributed by atoms with Gasteiger partial charge < -0.3 is 104 Å². The summed E-state index contributed by atoms with van der Waals surface area (Å²) in [5, 5.41) is 121. The second-order valence-corrected chi connectivity index (χ2v) is 17.9. The van der Waals surface area contributed by atoms with Crippen molar-refractivity contribution in [1.29, 1.82) is 0 Å². The lowest BCUT2D eigenvalue weighted by atomic mass is 9.82. The van der Waals surface area contributed by atoms with Gasteiger partial charge in [-0.3, -0.25) is 19.2 Å². The molecule has 4 fully saturated rings. The van der Waals surface area contributed by atoms with Crippen molar-refractivity contribution in [3.63, 3.8) is 0 Å². The number of carbonyl (C=O) groups excluding carboxylic acids is 4. The molecule has 0 saturated carbocycles. The molecular weight excluding hydrogens is 950 g/mol. The van der Waals surface area contributed by atoms with Crippen molar-refractivity contribution >= 4 is 29.5 Å². The summed E-state index contributed by atoms with van der Waals surface area (Å²) in [7, 11) is 1.26. The van der Waals surface area contributed by atoms with Crippen LogP contribution in [0.4, 0.5) is 5.69 Å². The van der Waals surface area contributed by atoms with E-state index in [0.717, 1.165) is 6.07 Å². The minimum Gasteiger partial charge on any atom is -0.504 e. The SMILES string of the molecule is COc1cc(C2c3cc(O[C@@H]4O[C@H](COC(=O)CC5C(=O)Nc6ccccc65)[C@@H](O)[C@H](O)[C@H]4O)c(O)cc3C3C(=O)O[C@H]4[C@H](O)[C@@H](COC(=O)C32)O[C@@]4(CO)O[C@H]2O[C@H](CO)[C@@H](O)[C@H](O)[C@H]2O)ccc1O. The van der Waals surface area contributed by atoms with Gasteiger partial charge in [0.2, 0.25) is 18.0 Å². The standard InChI is InChI=1S/C46H51NO24/c1-63-24-8-16(6-7-22(24)50)30-19-10-25(66-44-38(58)37(57)34(54)27(68-44)13-64-29(52)11-20-17-4-2-3-5-21(17)47-41(20)60)23(51)9-18(19)31-32(30)42(61)65-14-28-35(55)40(69-43(31)62)46(15-49,70-28)71-45-39(59)36(56)33(53)26(12-48)67-45/h2-10,20,26-28,30-40,44-45,48-51,53-59H,11-15H2,1H3,(H,47,60)/t20?,26-,27-,28-,30?,31?,32?,33-,34-,35-,36+,37+,38-,39-,40+,44-,45-,46+/m1/s1. The van der Waals surface area contributed by atoms with E-state index in [1.165, 1.54) is 31.4 Å². The van der Waals surface area contributed by atoms with Crippen LogP contribution in [0.3, 0.4) is 0 Å². The highest BCUT2D eigenvalue weighted by molar-refractivity contribution is 6.04. The van der Waals surface area contributed by atoms with E-state index in [-0.39, 0.29) is 34.6 Å². The third-order valence-corrected chi connectivity index (χ3v) is 13.7. The second kappa shape index (κ2) is 19.7. The largest absolute Gasteiger partial charge is 0.504 e. The van der Waals surface area contributed by atoms with Crippen LogP contribution in [0, 0.1) is 5.92 Å². The fraction of sp³-hybridized carbons (Fsp3) is 0.522. The zero-order chi connectivity index (χ0) is 50.8. The van der Waals surface area contributed by atoms with E-state index in [1.54, 1.807) is 24.3 Å². The van der Waals surface area contributed by atoms with Gasteiger partial charge in [0.1, 0.15) is 80.9 Å². The van der Waals surface area contributed by atoms with Gasteiger partial charge in [-0.25, -0.2) is 0 Å². The van der Waals surface area contributed by atoms with Crippen molar-refractivity contribution in [2.24, 2.45) is 5.92 Å². The molecule has 71 heavy (non-hydrogen) atoms. The summed E-state index contributed by atoms with van der Waals surface area (Å²) >= 11 is 0. The number of benzene rings is 3. The number of esters is 3. The first kappa shape index (κ1) is 50.2. The van der Waals surface area contributed by atoms with E-state index in [1.807, 2.05) is 0 Å². The molecule has 0 spiro atoms. The summed E-state index contributed by atoms with van der Waals surface area (Å²) in [6.07, 6.45) is -24.5. The van der Waals surface area contributed by atoms with Crippen LogP contribution >= 0.6 is 0 Å². The van der Waals surface area contributed by atoms with Gasteiger partial charge in [-0.05, 0) is 52.6 Å². The highest BCUT2D eigenvalue weighted by Crippen LogP contribution is 2.55. The Morgan fingerprint density at radius 3 is 2.15 bits per heavy atom. The summed E-state index contributed by atoms with van der Waals surface area (Å²) in [4.78, 5) is 54.8. The minimum atomic E-state index is -2.63. The van der Waals surface area contributed by atoms with Gasteiger partial charge in [0.15, 0.2) is 35.4 Å². The first-order valence-electron chi connectivity index (χ1n) is 22.4. The molecule has 6 aliphatic rings. The third kappa shape index (κ3) is 8.89. The summed E-state index contributed by atoms with van der Waals surface area (Å²) < 4.78 is 51.1. The molecule has 12 N–H and O–H groups in total. The molecule has 18 atom stereocenters. The Bertz CT molecular complexity index is 2520. The summed E-state index contributed by atoms with van der Waals surface area (Å²) in [6.45, 7) is -3.57. The maximum atomic E-state index is 14.7. The van der Waals surface area contributed by atoms with Gasteiger partial charge in [0, 0.05) is 11.6 Å². The highest BCUT2D eigenvalue weighted by Gasteiger charge is 2.63. The molecule has 25 nitrogen and oxygen atoms in total. The van der Waals surface area contributed by atoms with E-state index >= 15 is 0 Å². The minimum absolute atomic E-state index is 0.0653. The van der Waals surface area contributed by atoms with Gasteiger partial charge in [-0.2, -0.15) is 0 Å². The molecule has 2 bridgehead atoms. The Labute approximate surface area is 401 Å². The number of phenols is 2. The average Bonchev–Trinajstić information content (AvgIpc) is 3.95. The number of phenolic OH excluding ortho intramolecular Hbond substituents is 2. The number of aliphatic hydroxyl groups excluding tert-OH is 9. The molecule has 5 heterocycles. The number of anilines is 1. The molecule has 4 unspecified atom stereocenters. The number of cyclic esters (lactones) is 1. The number of aromatic hydroxyl groups is 2. The maximum Gasteiger partial charge on any atom is 0.314 e. The van der Waals surface area contributed by atoms with Crippen molar-refractivity contribution in [3.05, 3.63) is 76.9 Å². The lowest BCUT2D eigenvalue weighted by molar-refractivity contribution is -0.383. The number of methoxy groups -OCH3 is 1. The summed E-state index contributed by atoms with van der Waals surface area (Å²) in [5.74, 6) is -13.4. The number of carbonyl (C=O) groups is 4. The Kier molecular flexibility index (Phi) is 13.9. The molecule has 0 aromatic heterocycles. The van der Waals surface area contributed by atoms with Crippen LogP contribution in [0.25, 0.3) is 0 Å². The third-order valence-electron chi connectivity index (χ3n) is 13.7. The Hall–Kier alpha value is -5.78. The van der Waals surface area contributed by atoms with Crippen molar-refractivity contribution in [3.8, 4) is 23.0 Å². The summed E-state index contributed by atoms with van der Waals surface area (Å²) in [6, 6.07) is 13.0. The Balaban J connectivity index is 1.02. The maximum absolute atomic E-state index is 14.7. The zero-order valence-electron chi connectivity index (χ0n) is 37.3. The number of rotatable bonds is 12. The number of nitrogens with one attached hydrogen (secondary N) is 1. The van der Waals surface area contributed by atoms with E-state index in [0.29, 0.717) is 11.3 Å². The van der Waals surface area contributed by atoms with E-state index in [9.17, 15) is 75.3 Å². The molecule has 5 aliphatic heterocycles. The second-order valence-electron chi connectivity index (χ2n) is 17.9. The zero-order valence-corrected chi connectivity index (χ0v) is 37.3. The number of hydrogen-bond acceptors (Lipinski definition) is 24. The Morgan fingerprint density at radius 1 is 0.746 bits per heavy atom. The molecule has 9 rings (SSSR count). The molecule has 3 aromatic carbocycles. The summed E-state index contributed by atoms with van der Waals surface area (Å²) in [5.41, 5.74) is 1.29. The molecule has 3 aromatic rings. The van der Waals surface area contributed by atoms with Crippen LogP contribution in [-0.4, -0.2) is 199 Å². The lowest BCUT2D eigenvalue weighted by Crippen LogP contribution is -2.63. The normalized spacial score (nSPS) is 37.4. The van der Waals surface area contributed by atoms with Crippen LogP contribution in [0.1, 0.15) is 46.4 Å². The van der Waals surface area contributed by atoms with Crippen LogP contribution < -0.4 is 14.8 Å². The van der Waals surface area contributed by atoms with E-state index in [4.69, 9.17) is 42.6 Å². The van der Waals surface area contributed by atoms with E-state index in [2.05, 4.69) is 5.32 Å². The van der Waals surface area contributed by atoms with Crippen LogP contribution in [0.5, 0.6) is 23.0 Å². The molecule has 4 saturated heterocycles. The molecule has 0 radical (unpaired) electrons. The quantitative estimate of drug-likeness (QED) is 0.0620. The number of fused-ring (bicyclic) bond motifs is 6. The molecular formula is C46H51NO24.